The molecule has 0 heterocycles. The van der Waals surface area contributed by atoms with Crippen LogP contribution in [0.4, 0.5) is 0 Å². The smallest absolute Gasteiger partial charge is 0.306 e. The molecule has 0 N–H and O–H groups in total. The normalized spacial score (nSPS) is 12.2. The molecule has 0 spiro atoms. The summed E-state index contributed by atoms with van der Waals surface area (Å²) in [6.07, 6.45) is 69.2. The lowest BCUT2D eigenvalue weighted by molar-refractivity contribution is -0.163. The van der Waals surface area contributed by atoms with E-state index >= 15 is 0 Å². The fourth-order valence-electron chi connectivity index (χ4n) is 9.01. The fourth-order valence-corrected chi connectivity index (χ4v) is 9.01. The lowest BCUT2D eigenvalue weighted by Gasteiger charge is -2.18. The minimum Gasteiger partial charge on any atom is -0.462 e. The predicted octanol–water partition coefficient (Wildman–Crippen LogP) is 20.4. The van der Waals surface area contributed by atoms with Crippen molar-refractivity contribution in [1.82, 2.24) is 0 Å². The molecule has 0 aromatic carbocycles. The topological polar surface area (TPSA) is 61.8 Å². The second kappa shape index (κ2) is 57.7. The Morgan fingerprint density at radius 2 is 0.636 bits per heavy atom. The van der Waals surface area contributed by atoms with Crippen molar-refractivity contribution in [3.05, 3.63) is 24.3 Å². The van der Waals surface area contributed by atoms with Crippen LogP contribution in [0, 0.1) is 0 Å². The van der Waals surface area contributed by atoms with Crippen LogP contribution in [-0.4, -0.2) is 37.9 Å². The molecular weight excluding hydrogens is 813 g/mol. The van der Waals surface area contributed by atoms with Gasteiger partial charge in [-0.3, -0.25) is 9.59 Å². The average molecular weight is 930 g/mol. The SMILES string of the molecule is CCCCC/C=C\C/C=C\CCCCCCCCCCCCOCC(COC(=O)CCCCCCCCCCCCCCCCCCCCC)OC(=O)CCCCCCCCCCCCC. The number of allylic oxidation sites excluding steroid dienone is 4. The Balaban J connectivity index is 4.14. The molecule has 5 nitrogen and oxygen atoms in total. The molecule has 0 aromatic heterocycles. The van der Waals surface area contributed by atoms with Crippen molar-refractivity contribution in [2.45, 2.75) is 335 Å². The van der Waals surface area contributed by atoms with E-state index in [1.165, 1.54) is 250 Å². The summed E-state index contributed by atoms with van der Waals surface area (Å²) in [4.78, 5) is 25.5. The summed E-state index contributed by atoms with van der Waals surface area (Å²) in [6, 6.07) is 0. The second-order valence-corrected chi connectivity index (χ2v) is 20.3. The van der Waals surface area contributed by atoms with Gasteiger partial charge in [0, 0.05) is 19.4 Å². The Morgan fingerprint density at radius 1 is 0.333 bits per heavy atom. The van der Waals surface area contributed by atoms with E-state index < -0.39 is 6.10 Å². The molecule has 1 atom stereocenters. The average Bonchev–Trinajstić information content (AvgIpc) is 3.32. The number of ether oxygens (including phenoxy) is 3. The van der Waals surface area contributed by atoms with Gasteiger partial charge in [-0.15, -0.1) is 0 Å². The third-order valence-electron chi connectivity index (χ3n) is 13.5. The van der Waals surface area contributed by atoms with Crippen LogP contribution >= 0.6 is 0 Å². The third-order valence-corrected chi connectivity index (χ3v) is 13.5. The monoisotopic (exact) mass is 929 g/mol. The van der Waals surface area contributed by atoms with E-state index in [0.717, 1.165) is 44.9 Å². The first kappa shape index (κ1) is 64.4. The number of carbonyl (C=O) groups excluding carboxylic acids is 2. The van der Waals surface area contributed by atoms with Gasteiger partial charge < -0.3 is 14.2 Å². The number of esters is 2. The first-order valence-corrected chi connectivity index (χ1v) is 29.9. The van der Waals surface area contributed by atoms with Gasteiger partial charge in [0.25, 0.3) is 0 Å². The second-order valence-electron chi connectivity index (χ2n) is 20.3. The van der Waals surface area contributed by atoms with Crippen molar-refractivity contribution in [1.29, 1.82) is 0 Å². The maximum atomic E-state index is 12.8. The number of hydrogen-bond donors (Lipinski definition) is 0. The molecule has 0 aromatic rings. The largest absolute Gasteiger partial charge is 0.462 e. The molecule has 0 bridgehead atoms. The number of carbonyl (C=O) groups is 2. The summed E-state index contributed by atoms with van der Waals surface area (Å²) >= 11 is 0. The Morgan fingerprint density at radius 3 is 1.03 bits per heavy atom. The van der Waals surface area contributed by atoms with Crippen LogP contribution in [-0.2, 0) is 23.8 Å². The van der Waals surface area contributed by atoms with Crippen molar-refractivity contribution >= 4 is 11.9 Å². The molecule has 0 saturated carbocycles. The molecule has 0 amide bonds. The van der Waals surface area contributed by atoms with E-state index in [4.69, 9.17) is 14.2 Å². The lowest BCUT2D eigenvalue weighted by Crippen LogP contribution is -2.30. The first-order valence-electron chi connectivity index (χ1n) is 29.9. The highest BCUT2D eigenvalue weighted by molar-refractivity contribution is 5.70. The first-order chi connectivity index (χ1) is 32.6. The Labute approximate surface area is 413 Å². The molecular formula is C61H116O5. The maximum absolute atomic E-state index is 12.8. The van der Waals surface area contributed by atoms with Gasteiger partial charge in [-0.2, -0.15) is 0 Å². The molecule has 0 aliphatic rings. The summed E-state index contributed by atoms with van der Waals surface area (Å²) in [5.41, 5.74) is 0. The molecule has 390 valence electrons. The number of rotatable bonds is 56. The van der Waals surface area contributed by atoms with E-state index in [-0.39, 0.29) is 18.5 Å². The quantitative estimate of drug-likeness (QED) is 0.0345. The number of hydrogen-bond acceptors (Lipinski definition) is 5. The van der Waals surface area contributed by atoms with Crippen LogP contribution in [0.1, 0.15) is 329 Å². The van der Waals surface area contributed by atoms with Gasteiger partial charge in [0.15, 0.2) is 6.10 Å². The highest BCUT2D eigenvalue weighted by atomic mass is 16.6. The van der Waals surface area contributed by atoms with Crippen LogP contribution in [0.5, 0.6) is 0 Å². The van der Waals surface area contributed by atoms with Gasteiger partial charge in [0.05, 0.1) is 6.61 Å². The predicted molar refractivity (Wildman–Crippen MR) is 289 cm³/mol. The van der Waals surface area contributed by atoms with Gasteiger partial charge in [-0.25, -0.2) is 0 Å². The third kappa shape index (κ3) is 55.0. The summed E-state index contributed by atoms with van der Waals surface area (Å²) < 4.78 is 17.5. The van der Waals surface area contributed by atoms with E-state index in [9.17, 15) is 9.59 Å². The van der Waals surface area contributed by atoms with Gasteiger partial charge in [0.2, 0.25) is 0 Å². The van der Waals surface area contributed by atoms with E-state index in [1.54, 1.807) is 0 Å². The molecule has 1 unspecified atom stereocenters. The fraction of sp³-hybridized carbons (Fsp3) is 0.902. The van der Waals surface area contributed by atoms with E-state index in [1.807, 2.05) is 0 Å². The maximum Gasteiger partial charge on any atom is 0.306 e. The summed E-state index contributed by atoms with van der Waals surface area (Å²) in [6.45, 7) is 7.87. The zero-order chi connectivity index (χ0) is 47.7. The standard InChI is InChI=1S/C61H116O5/c1-4-7-10-13-16-19-22-24-26-28-30-32-34-36-38-41-44-47-50-53-56-64-57-59(66-61(63)55-52-49-46-43-39-21-18-15-12-9-6-3)58-65-60(62)54-51-48-45-42-40-37-35-33-31-29-27-25-23-20-17-14-11-8-5-2/h16,19,24,26,59H,4-15,17-18,20-23,25,27-58H2,1-3H3/b19-16-,26-24-. The molecule has 0 aliphatic heterocycles. The Bertz CT molecular complexity index is 1010. The summed E-state index contributed by atoms with van der Waals surface area (Å²) in [5.74, 6) is -0.375. The van der Waals surface area contributed by atoms with Crippen LogP contribution in [0.2, 0.25) is 0 Å². The minimum absolute atomic E-state index is 0.0928. The van der Waals surface area contributed by atoms with Crippen molar-refractivity contribution in [2.75, 3.05) is 19.8 Å². The zero-order valence-corrected chi connectivity index (χ0v) is 45.0. The van der Waals surface area contributed by atoms with E-state index in [0.29, 0.717) is 26.1 Å². The van der Waals surface area contributed by atoms with Gasteiger partial charge in [0.1, 0.15) is 6.61 Å². The molecule has 0 fully saturated rings. The highest BCUT2D eigenvalue weighted by Crippen LogP contribution is 2.17. The van der Waals surface area contributed by atoms with Crippen LogP contribution in [0.25, 0.3) is 0 Å². The van der Waals surface area contributed by atoms with Crippen LogP contribution < -0.4 is 0 Å². The molecule has 66 heavy (non-hydrogen) atoms. The molecule has 5 heteroatoms. The van der Waals surface area contributed by atoms with Crippen molar-refractivity contribution in [3.8, 4) is 0 Å². The van der Waals surface area contributed by atoms with Crippen molar-refractivity contribution < 1.29 is 23.8 Å². The van der Waals surface area contributed by atoms with Crippen LogP contribution in [0.15, 0.2) is 24.3 Å². The summed E-state index contributed by atoms with van der Waals surface area (Å²) in [7, 11) is 0. The number of unbranched alkanes of at least 4 members (excludes halogenated alkanes) is 41. The van der Waals surface area contributed by atoms with Gasteiger partial charge in [-0.05, 0) is 51.4 Å². The van der Waals surface area contributed by atoms with Crippen molar-refractivity contribution in [2.24, 2.45) is 0 Å². The molecule has 0 aliphatic carbocycles. The van der Waals surface area contributed by atoms with Crippen molar-refractivity contribution in [3.63, 3.8) is 0 Å². The lowest BCUT2D eigenvalue weighted by atomic mass is 10.0. The highest BCUT2D eigenvalue weighted by Gasteiger charge is 2.17. The minimum atomic E-state index is -0.530. The Kier molecular flexibility index (Phi) is 56.3. The van der Waals surface area contributed by atoms with Gasteiger partial charge >= 0.3 is 11.9 Å². The Hall–Kier alpha value is -1.62. The van der Waals surface area contributed by atoms with Gasteiger partial charge in [-0.1, -0.05) is 289 Å². The van der Waals surface area contributed by atoms with E-state index in [2.05, 4.69) is 45.1 Å². The zero-order valence-electron chi connectivity index (χ0n) is 45.0. The molecule has 0 saturated heterocycles. The van der Waals surface area contributed by atoms with Crippen LogP contribution in [0.3, 0.4) is 0 Å². The molecule has 0 rings (SSSR count). The summed E-state index contributed by atoms with van der Waals surface area (Å²) in [5, 5.41) is 0. The molecule has 0 radical (unpaired) electrons.